The second kappa shape index (κ2) is 3.12. The molecule has 0 saturated heterocycles. The second-order valence-corrected chi connectivity index (χ2v) is 2.38. The number of likely N-dealkylation sites (N-methyl/N-ethyl adjacent to an activating group) is 1. The van der Waals surface area contributed by atoms with Gasteiger partial charge in [0.1, 0.15) is 0 Å². The van der Waals surface area contributed by atoms with Gasteiger partial charge >= 0.3 is 0 Å². The van der Waals surface area contributed by atoms with Crippen LogP contribution in [0.1, 0.15) is 0 Å². The summed E-state index contributed by atoms with van der Waals surface area (Å²) >= 11 is 0. The SMILES string of the molecule is CN1C(N)=NCC1CN=[N+]=[N-]. The van der Waals surface area contributed by atoms with Crippen molar-refractivity contribution >= 4 is 5.96 Å². The molecule has 0 saturated carbocycles. The van der Waals surface area contributed by atoms with Crippen LogP contribution in [0.3, 0.4) is 0 Å². The third-order valence-corrected chi connectivity index (χ3v) is 1.73. The van der Waals surface area contributed by atoms with Gasteiger partial charge in [-0.15, -0.1) is 0 Å². The maximum Gasteiger partial charge on any atom is 0.191 e. The normalized spacial score (nSPS) is 22.8. The van der Waals surface area contributed by atoms with E-state index in [-0.39, 0.29) is 6.04 Å². The van der Waals surface area contributed by atoms with Gasteiger partial charge in [0.25, 0.3) is 0 Å². The van der Waals surface area contributed by atoms with Gasteiger partial charge in [0.15, 0.2) is 5.96 Å². The van der Waals surface area contributed by atoms with Crippen LogP contribution in [-0.2, 0) is 0 Å². The Balaban J connectivity index is 2.46. The van der Waals surface area contributed by atoms with Gasteiger partial charge in [0.2, 0.25) is 0 Å². The third-order valence-electron chi connectivity index (χ3n) is 1.73. The van der Waals surface area contributed by atoms with Crippen LogP contribution in [0.5, 0.6) is 0 Å². The highest BCUT2D eigenvalue weighted by Gasteiger charge is 2.20. The summed E-state index contributed by atoms with van der Waals surface area (Å²) in [6, 6.07) is 0.144. The molecular weight excluding hydrogens is 144 g/mol. The lowest BCUT2D eigenvalue weighted by molar-refractivity contribution is 0.408. The van der Waals surface area contributed by atoms with Crippen molar-refractivity contribution in [2.45, 2.75) is 6.04 Å². The Morgan fingerprint density at radius 3 is 3.18 bits per heavy atom. The van der Waals surface area contributed by atoms with Crippen molar-refractivity contribution in [3.8, 4) is 0 Å². The molecule has 1 aliphatic heterocycles. The van der Waals surface area contributed by atoms with E-state index < -0.39 is 0 Å². The molecule has 2 N–H and O–H groups in total. The van der Waals surface area contributed by atoms with Crippen molar-refractivity contribution in [1.29, 1.82) is 0 Å². The first kappa shape index (κ1) is 7.68. The summed E-state index contributed by atoms with van der Waals surface area (Å²) in [5.74, 6) is 0.517. The van der Waals surface area contributed by atoms with Gasteiger partial charge in [-0.3, -0.25) is 4.99 Å². The van der Waals surface area contributed by atoms with Crippen molar-refractivity contribution in [2.75, 3.05) is 20.1 Å². The molecule has 0 spiro atoms. The number of guanidine groups is 1. The molecule has 1 heterocycles. The summed E-state index contributed by atoms with van der Waals surface area (Å²) in [5, 5.41) is 3.45. The van der Waals surface area contributed by atoms with Crippen LogP contribution in [0.15, 0.2) is 10.1 Å². The molecule has 0 aromatic heterocycles. The Labute approximate surface area is 64.3 Å². The average Bonchev–Trinajstić information content (AvgIpc) is 2.31. The monoisotopic (exact) mass is 154 g/mol. The van der Waals surface area contributed by atoms with Gasteiger partial charge in [-0.2, -0.15) is 0 Å². The standard InChI is InChI=1S/C5H10N6/c1-11-4(3-9-10-7)2-8-5(11)6/h4H,2-3H2,1H3,(H2,6,8). The van der Waals surface area contributed by atoms with Crippen molar-refractivity contribution in [3.05, 3.63) is 10.4 Å². The number of nitrogens with zero attached hydrogens (tertiary/aromatic N) is 5. The van der Waals surface area contributed by atoms with E-state index in [9.17, 15) is 0 Å². The molecule has 0 bridgehead atoms. The van der Waals surface area contributed by atoms with Gasteiger partial charge in [-0.05, 0) is 5.53 Å². The minimum Gasteiger partial charge on any atom is -0.370 e. The first-order chi connectivity index (χ1) is 5.25. The van der Waals surface area contributed by atoms with E-state index in [0.29, 0.717) is 19.0 Å². The van der Waals surface area contributed by atoms with E-state index >= 15 is 0 Å². The molecule has 1 atom stereocenters. The Morgan fingerprint density at radius 2 is 2.73 bits per heavy atom. The van der Waals surface area contributed by atoms with Crippen molar-refractivity contribution in [2.24, 2.45) is 15.8 Å². The summed E-state index contributed by atoms with van der Waals surface area (Å²) in [6.07, 6.45) is 0. The van der Waals surface area contributed by atoms with E-state index in [0.717, 1.165) is 0 Å². The molecule has 0 radical (unpaired) electrons. The first-order valence-electron chi connectivity index (χ1n) is 3.29. The number of rotatable bonds is 2. The van der Waals surface area contributed by atoms with Crippen LogP contribution in [0.25, 0.3) is 10.4 Å². The van der Waals surface area contributed by atoms with Crippen LogP contribution in [0, 0.1) is 0 Å². The predicted molar refractivity (Wildman–Crippen MR) is 42.1 cm³/mol. The number of azide groups is 1. The highest BCUT2D eigenvalue weighted by atomic mass is 15.3. The van der Waals surface area contributed by atoms with Crippen LogP contribution >= 0.6 is 0 Å². The molecule has 60 valence electrons. The van der Waals surface area contributed by atoms with Gasteiger partial charge in [0.05, 0.1) is 12.6 Å². The summed E-state index contributed by atoms with van der Waals surface area (Å²) < 4.78 is 0. The Morgan fingerprint density at radius 1 is 2.00 bits per heavy atom. The molecule has 0 amide bonds. The van der Waals surface area contributed by atoms with Gasteiger partial charge < -0.3 is 10.6 Å². The highest BCUT2D eigenvalue weighted by Crippen LogP contribution is 2.04. The van der Waals surface area contributed by atoms with E-state index in [4.69, 9.17) is 11.3 Å². The maximum absolute atomic E-state index is 8.05. The van der Waals surface area contributed by atoms with Crippen molar-refractivity contribution in [3.63, 3.8) is 0 Å². The lowest BCUT2D eigenvalue weighted by Crippen LogP contribution is -2.38. The number of hydrogen-bond donors (Lipinski definition) is 1. The minimum absolute atomic E-state index is 0.144. The van der Waals surface area contributed by atoms with Gasteiger partial charge in [-0.1, -0.05) is 5.11 Å². The average molecular weight is 154 g/mol. The minimum atomic E-state index is 0.144. The van der Waals surface area contributed by atoms with Crippen LogP contribution < -0.4 is 5.73 Å². The maximum atomic E-state index is 8.05. The quantitative estimate of drug-likeness (QED) is 0.342. The van der Waals surface area contributed by atoms with E-state index in [1.54, 1.807) is 0 Å². The van der Waals surface area contributed by atoms with Gasteiger partial charge in [-0.25, -0.2) is 0 Å². The van der Waals surface area contributed by atoms with E-state index in [2.05, 4.69) is 15.0 Å². The second-order valence-electron chi connectivity index (χ2n) is 2.38. The fraction of sp³-hybridized carbons (Fsp3) is 0.800. The third kappa shape index (κ3) is 1.53. The van der Waals surface area contributed by atoms with Crippen molar-refractivity contribution in [1.82, 2.24) is 4.90 Å². The molecule has 0 aliphatic carbocycles. The summed E-state index contributed by atoms with van der Waals surface area (Å²) in [5.41, 5.74) is 13.5. The lowest BCUT2D eigenvalue weighted by atomic mass is 10.3. The van der Waals surface area contributed by atoms with Crippen molar-refractivity contribution < 1.29 is 0 Å². The largest absolute Gasteiger partial charge is 0.370 e. The zero-order valence-corrected chi connectivity index (χ0v) is 6.30. The zero-order chi connectivity index (χ0) is 8.27. The summed E-state index contributed by atoms with van der Waals surface area (Å²) in [6.45, 7) is 1.05. The van der Waals surface area contributed by atoms with E-state index in [1.807, 2.05) is 11.9 Å². The Bertz CT molecular complexity index is 215. The molecular formula is C5H10N6. The number of hydrogen-bond acceptors (Lipinski definition) is 4. The molecule has 0 fully saturated rings. The molecule has 1 aliphatic rings. The lowest BCUT2D eigenvalue weighted by Gasteiger charge is -2.18. The highest BCUT2D eigenvalue weighted by molar-refractivity contribution is 5.79. The smallest absolute Gasteiger partial charge is 0.191 e. The van der Waals surface area contributed by atoms with Gasteiger partial charge in [0, 0.05) is 18.5 Å². The number of aliphatic imine (C=N–C) groups is 1. The summed E-state index contributed by atoms with van der Waals surface area (Å²) in [4.78, 5) is 8.47. The molecule has 11 heavy (non-hydrogen) atoms. The topological polar surface area (TPSA) is 90.4 Å². The molecule has 0 aromatic carbocycles. The Hall–Kier alpha value is -1.42. The zero-order valence-electron chi connectivity index (χ0n) is 6.30. The molecule has 1 rings (SSSR count). The predicted octanol–water partition coefficient (Wildman–Crippen LogP) is -0.0746. The first-order valence-corrected chi connectivity index (χ1v) is 3.29. The summed E-state index contributed by atoms with van der Waals surface area (Å²) in [7, 11) is 1.84. The van der Waals surface area contributed by atoms with Crippen LogP contribution in [0.4, 0.5) is 0 Å². The van der Waals surface area contributed by atoms with Crippen LogP contribution in [0.2, 0.25) is 0 Å². The molecule has 6 heteroatoms. The molecule has 1 unspecified atom stereocenters. The fourth-order valence-corrected chi connectivity index (χ4v) is 0.931. The van der Waals surface area contributed by atoms with Crippen LogP contribution in [-0.4, -0.2) is 37.0 Å². The fourth-order valence-electron chi connectivity index (χ4n) is 0.931. The Kier molecular flexibility index (Phi) is 2.18. The molecule has 0 aromatic rings. The molecule has 6 nitrogen and oxygen atoms in total. The van der Waals surface area contributed by atoms with E-state index in [1.165, 1.54) is 0 Å². The number of nitrogens with two attached hydrogens (primary N) is 1.